The molecule has 0 heterocycles. The molecule has 4 aromatic rings. The van der Waals surface area contributed by atoms with Gasteiger partial charge in [-0.2, -0.15) is 0 Å². The van der Waals surface area contributed by atoms with E-state index in [0.29, 0.717) is 0 Å². The van der Waals surface area contributed by atoms with E-state index in [9.17, 15) is 0 Å². The molecule has 2 aliphatic rings. The number of hydrogen-bond acceptors (Lipinski definition) is 0. The minimum atomic E-state index is 1.08. The van der Waals surface area contributed by atoms with E-state index in [4.69, 9.17) is 0 Å². The van der Waals surface area contributed by atoms with Gasteiger partial charge in [-0.05, 0) is 81.3 Å². The third-order valence-corrected chi connectivity index (χ3v) is 6.56. The van der Waals surface area contributed by atoms with E-state index in [0.717, 1.165) is 25.7 Å². The van der Waals surface area contributed by atoms with Gasteiger partial charge < -0.3 is 0 Å². The van der Waals surface area contributed by atoms with Crippen LogP contribution in [0.2, 0.25) is 0 Å². The molecule has 0 nitrogen and oxygen atoms in total. The summed E-state index contributed by atoms with van der Waals surface area (Å²) in [5.74, 6) is 0. The second-order valence-electron chi connectivity index (χ2n) is 8.05. The molecule has 28 heavy (non-hydrogen) atoms. The number of aryl methyl sites for hydroxylation is 2. The summed E-state index contributed by atoms with van der Waals surface area (Å²) in [6.45, 7) is 0. The zero-order valence-electron chi connectivity index (χ0n) is 15.9. The van der Waals surface area contributed by atoms with Crippen LogP contribution in [0.4, 0.5) is 0 Å². The lowest BCUT2D eigenvalue weighted by Crippen LogP contribution is -1.99. The number of fused-ring (bicyclic) bond motifs is 6. The predicted molar refractivity (Wildman–Crippen MR) is 117 cm³/mol. The second-order valence-corrected chi connectivity index (χ2v) is 8.05. The third kappa shape index (κ3) is 2.38. The van der Waals surface area contributed by atoms with E-state index in [1.54, 1.807) is 11.1 Å². The molecule has 0 saturated heterocycles. The predicted octanol–water partition coefficient (Wildman–Crippen LogP) is 6.61. The molecule has 0 saturated carbocycles. The van der Waals surface area contributed by atoms with Crippen LogP contribution in [-0.4, -0.2) is 0 Å². The molecule has 6 rings (SSSR count). The maximum absolute atomic E-state index is 2.34. The molecule has 0 radical (unpaired) electrons. The van der Waals surface area contributed by atoms with Crippen LogP contribution in [0.15, 0.2) is 84.9 Å². The molecule has 134 valence electrons. The standard InChI is InChI=1S/C28H22/c1-3-11-23-21(7-1)17-27-19(9-5-13-25(23)27)15-16-20-10-6-14-26-24-12-4-2-8-22(24)18-28(20)26/h1-14H,15-18H2. The molecule has 4 aromatic carbocycles. The van der Waals surface area contributed by atoms with Crippen LogP contribution in [0, 0.1) is 0 Å². The fourth-order valence-corrected chi connectivity index (χ4v) is 5.18. The third-order valence-electron chi connectivity index (χ3n) is 6.56. The van der Waals surface area contributed by atoms with Gasteiger partial charge >= 0.3 is 0 Å². The zero-order valence-corrected chi connectivity index (χ0v) is 15.9. The van der Waals surface area contributed by atoms with Gasteiger partial charge in [0.1, 0.15) is 0 Å². The Morgan fingerprint density at radius 1 is 0.429 bits per heavy atom. The molecule has 0 heteroatoms. The Hall–Kier alpha value is -3.12. The molecular weight excluding hydrogens is 336 g/mol. The smallest absolute Gasteiger partial charge is 0.00107 e. The highest BCUT2D eigenvalue weighted by molar-refractivity contribution is 5.79. The maximum atomic E-state index is 2.34. The molecule has 0 unspecified atom stereocenters. The minimum absolute atomic E-state index is 1.08. The van der Waals surface area contributed by atoms with Crippen molar-refractivity contribution in [2.75, 3.05) is 0 Å². The Bertz CT molecular complexity index is 1120. The van der Waals surface area contributed by atoms with E-state index in [1.165, 1.54) is 44.5 Å². The van der Waals surface area contributed by atoms with Crippen molar-refractivity contribution < 1.29 is 0 Å². The Balaban J connectivity index is 1.32. The van der Waals surface area contributed by atoms with Gasteiger partial charge in [0, 0.05) is 0 Å². The molecule has 0 amide bonds. The topological polar surface area (TPSA) is 0 Å². The van der Waals surface area contributed by atoms with Crippen LogP contribution in [-0.2, 0) is 25.7 Å². The van der Waals surface area contributed by atoms with Gasteiger partial charge in [0.2, 0.25) is 0 Å². The quantitative estimate of drug-likeness (QED) is 0.334. The fraction of sp³-hybridized carbons (Fsp3) is 0.143. The van der Waals surface area contributed by atoms with Crippen molar-refractivity contribution in [3.05, 3.63) is 118 Å². The molecule has 0 fully saturated rings. The molecule has 0 N–H and O–H groups in total. The Labute approximate surface area is 166 Å². The van der Waals surface area contributed by atoms with Gasteiger partial charge in [-0.25, -0.2) is 0 Å². The molecule has 0 aliphatic heterocycles. The SMILES string of the molecule is c1ccc2c(c1)Cc1c(CCc3cccc4c3Cc3ccccc3-4)cccc1-2. The summed E-state index contributed by atoms with van der Waals surface area (Å²) in [5.41, 5.74) is 14.8. The minimum Gasteiger partial charge on any atom is -0.0619 e. The fourth-order valence-electron chi connectivity index (χ4n) is 5.18. The van der Waals surface area contributed by atoms with Crippen molar-refractivity contribution in [1.29, 1.82) is 0 Å². The van der Waals surface area contributed by atoms with Crippen molar-refractivity contribution in [3.8, 4) is 22.3 Å². The van der Waals surface area contributed by atoms with Crippen molar-refractivity contribution in [1.82, 2.24) is 0 Å². The highest BCUT2D eigenvalue weighted by Gasteiger charge is 2.22. The van der Waals surface area contributed by atoms with Crippen LogP contribution >= 0.6 is 0 Å². The average molecular weight is 358 g/mol. The Kier molecular flexibility index (Phi) is 3.52. The summed E-state index contributed by atoms with van der Waals surface area (Å²) < 4.78 is 0. The number of benzene rings is 4. The first-order chi connectivity index (χ1) is 13.9. The summed E-state index contributed by atoms with van der Waals surface area (Å²) in [7, 11) is 0. The first kappa shape index (κ1) is 15.9. The van der Waals surface area contributed by atoms with Gasteiger partial charge in [-0.3, -0.25) is 0 Å². The van der Waals surface area contributed by atoms with Crippen LogP contribution in [0.5, 0.6) is 0 Å². The summed E-state index contributed by atoms with van der Waals surface area (Å²) in [4.78, 5) is 0. The summed E-state index contributed by atoms with van der Waals surface area (Å²) in [5, 5.41) is 0. The molecule has 0 aromatic heterocycles. The highest BCUT2D eigenvalue weighted by atomic mass is 14.3. The van der Waals surface area contributed by atoms with E-state index in [2.05, 4.69) is 84.9 Å². The van der Waals surface area contributed by atoms with Gasteiger partial charge in [0.25, 0.3) is 0 Å². The maximum Gasteiger partial charge on any atom is -0.00107 e. The monoisotopic (exact) mass is 358 g/mol. The number of rotatable bonds is 3. The van der Waals surface area contributed by atoms with Crippen molar-refractivity contribution in [2.24, 2.45) is 0 Å². The Morgan fingerprint density at radius 2 is 0.857 bits per heavy atom. The van der Waals surface area contributed by atoms with Crippen molar-refractivity contribution in [2.45, 2.75) is 25.7 Å². The lowest BCUT2D eigenvalue weighted by molar-refractivity contribution is 0.929. The van der Waals surface area contributed by atoms with Crippen LogP contribution in [0.3, 0.4) is 0 Å². The highest BCUT2D eigenvalue weighted by Crippen LogP contribution is 2.40. The first-order valence-electron chi connectivity index (χ1n) is 10.3. The second kappa shape index (κ2) is 6.21. The van der Waals surface area contributed by atoms with Crippen molar-refractivity contribution in [3.63, 3.8) is 0 Å². The summed E-state index contributed by atoms with van der Waals surface area (Å²) >= 11 is 0. The van der Waals surface area contributed by atoms with Crippen LogP contribution in [0.25, 0.3) is 22.3 Å². The van der Waals surface area contributed by atoms with Crippen molar-refractivity contribution >= 4 is 0 Å². The van der Waals surface area contributed by atoms with Gasteiger partial charge in [-0.1, -0.05) is 84.9 Å². The van der Waals surface area contributed by atoms with E-state index in [-0.39, 0.29) is 0 Å². The van der Waals surface area contributed by atoms with Gasteiger partial charge in [0.05, 0.1) is 0 Å². The molecule has 0 bridgehead atoms. The normalized spacial score (nSPS) is 13.0. The lowest BCUT2D eigenvalue weighted by Gasteiger charge is -2.11. The molecule has 0 atom stereocenters. The molecule has 0 spiro atoms. The average Bonchev–Trinajstić information content (AvgIpc) is 3.31. The first-order valence-corrected chi connectivity index (χ1v) is 10.3. The molecular formula is C28H22. The zero-order chi connectivity index (χ0) is 18.5. The van der Waals surface area contributed by atoms with Gasteiger partial charge in [0.15, 0.2) is 0 Å². The van der Waals surface area contributed by atoms with Crippen LogP contribution in [0.1, 0.15) is 33.4 Å². The van der Waals surface area contributed by atoms with Gasteiger partial charge in [-0.15, -0.1) is 0 Å². The lowest BCUT2D eigenvalue weighted by atomic mass is 9.93. The molecule has 2 aliphatic carbocycles. The van der Waals surface area contributed by atoms with Crippen LogP contribution < -0.4 is 0 Å². The van der Waals surface area contributed by atoms with E-state index < -0.39 is 0 Å². The summed E-state index contributed by atoms with van der Waals surface area (Å²) in [6.07, 6.45) is 4.40. The largest absolute Gasteiger partial charge is 0.0619 e. The van der Waals surface area contributed by atoms with E-state index in [1.807, 2.05) is 0 Å². The summed E-state index contributed by atoms with van der Waals surface area (Å²) in [6, 6.07) is 31.5. The van der Waals surface area contributed by atoms with E-state index >= 15 is 0 Å². The Morgan fingerprint density at radius 3 is 1.36 bits per heavy atom. The number of hydrogen-bond donors (Lipinski definition) is 0.